The van der Waals surface area contributed by atoms with Crippen molar-refractivity contribution in [1.82, 2.24) is 4.90 Å². The minimum Gasteiger partial charge on any atom is -0.313 e. The molecule has 3 aromatic rings. The number of rotatable bonds is 4. The molecule has 0 aromatic heterocycles. The molecule has 0 fully saturated rings. The van der Waals surface area contributed by atoms with E-state index in [1.54, 1.807) is 36.4 Å². The predicted molar refractivity (Wildman–Crippen MR) is 124 cm³/mol. The number of hydrogen-bond acceptors (Lipinski definition) is 2. The summed E-state index contributed by atoms with van der Waals surface area (Å²) in [5.74, 6) is 0. The molecule has 0 aliphatic heterocycles. The van der Waals surface area contributed by atoms with Gasteiger partial charge in [0.2, 0.25) is 0 Å². The summed E-state index contributed by atoms with van der Waals surface area (Å²) in [4.78, 5) is 15.3. The molecule has 0 spiro atoms. The third-order valence-electron chi connectivity index (χ3n) is 5.55. The van der Waals surface area contributed by atoms with Crippen LogP contribution in [-0.2, 0) is 13.0 Å². The lowest BCUT2D eigenvalue weighted by atomic mass is 9.86. The van der Waals surface area contributed by atoms with Crippen LogP contribution in [0.1, 0.15) is 41.1 Å². The molecule has 0 bridgehead atoms. The summed E-state index contributed by atoms with van der Waals surface area (Å²) in [6.07, 6.45) is 2.90. The Morgan fingerprint density at radius 3 is 2.71 bits per heavy atom. The zero-order valence-electron chi connectivity index (χ0n) is 16.8. The summed E-state index contributed by atoms with van der Waals surface area (Å²) in [6, 6.07) is 22.5. The van der Waals surface area contributed by atoms with Crippen LogP contribution in [0.5, 0.6) is 0 Å². The van der Waals surface area contributed by atoms with Gasteiger partial charge in [0.15, 0.2) is 0 Å². The molecule has 4 rings (SSSR count). The van der Waals surface area contributed by atoms with Gasteiger partial charge in [-0.2, -0.15) is 5.26 Å². The van der Waals surface area contributed by atoms with Gasteiger partial charge in [-0.15, -0.1) is 0 Å². The SMILES string of the molecule is N#Cc1cccc(NC(=O)N(Cc2ccc(Cl)c(Cl)c2)C2CCCc3ccccc32)c1. The Bertz CT molecular complexity index is 1160. The Balaban J connectivity index is 1.67. The van der Waals surface area contributed by atoms with Crippen LogP contribution in [0.4, 0.5) is 10.5 Å². The van der Waals surface area contributed by atoms with Crippen molar-refractivity contribution in [2.24, 2.45) is 0 Å². The van der Waals surface area contributed by atoms with Crippen molar-refractivity contribution >= 4 is 34.9 Å². The average molecular weight is 450 g/mol. The van der Waals surface area contributed by atoms with E-state index in [1.165, 1.54) is 11.1 Å². The summed E-state index contributed by atoms with van der Waals surface area (Å²) in [5, 5.41) is 13.1. The van der Waals surface area contributed by atoms with Crippen molar-refractivity contribution < 1.29 is 4.79 Å². The van der Waals surface area contributed by atoms with Crippen molar-refractivity contribution in [3.63, 3.8) is 0 Å². The second kappa shape index (κ2) is 9.43. The second-order valence-corrected chi connectivity index (χ2v) is 8.42. The average Bonchev–Trinajstić information content (AvgIpc) is 2.79. The predicted octanol–water partition coefficient (Wildman–Crippen LogP) is 6.98. The smallest absolute Gasteiger partial charge is 0.313 e. The summed E-state index contributed by atoms with van der Waals surface area (Å²) < 4.78 is 0. The van der Waals surface area contributed by atoms with Gasteiger partial charge < -0.3 is 10.2 Å². The van der Waals surface area contributed by atoms with E-state index < -0.39 is 0 Å². The van der Waals surface area contributed by atoms with Crippen LogP contribution in [0, 0.1) is 11.3 Å². The third-order valence-corrected chi connectivity index (χ3v) is 6.29. The van der Waals surface area contributed by atoms with Gasteiger partial charge in [-0.3, -0.25) is 0 Å². The molecule has 0 radical (unpaired) electrons. The van der Waals surface area contributed by atoms with Gasteiger partial charge in [0, 0.05) is 12.2 Å². The lowest BCUT2D eigenvalue weighted by Crippen LogP contribution is -2.39. The Kier molecular flexibility index (Phi) is 6.46. The number of benzene rings is 3. The topological polar surface area (TPSA) is 56.1 Å². The van der Waals surface area contributed by atoms with Crippen LogP contribution < -0.4 is 5.32 Å². The van der Waals surface area contributed by atoms with Crippen LogP contribution in [0.25, 0.3) is 0 Å². The summed E-state index contributed by atoms with van der Waals surface area (Å²) >= 11 is 12.3. The van der Waals surface area contributed by atoms with Gasteiger partial charge in [-0.1, -0.05) is 59.6 Å². The molecule has 0 saturated heterocycles. The number of carbonyl (C=O) groups excluding carboxylic acids is 1. The van der Waals surface area contributed by atoms with E-state index in [-0.39, 0.29) is 12.1 Å². The maximum absolute atomic E-state index is 13.5. The number of fused-ring (bicyclic) bond motifs is 1. The number of nitrogens with zero attached hydrogens (tertiary/aromatic N) is 2. The molecule has 1 aliphatic carbocycles. The fraction of sp³-hybridized carbons (Fsp3) is 0.200. The zero-order valence-corrected chi connectivity index (χ0v) is 18.3. The minimum absolute atomic E-state index is 0.0569. The standard InChI is InChI=1S/C25H21Cl2N3O/c26-22-12-11-18(14-23(22)27)16-30(24-10-4-7-19-6-1-2-9-21(19)24)25(31)29-20-8-3-5-17(13-20)15-28/h1-3,5-6,8-9,11-14,24H,4,7,10,16H2,(H,29,31). The molecule has 1 aliphatic rings. The van der Waals surface area contributed by atoms with Crippen LogP contribution in [0.2, 0.25) is 10.0 Å². The number of urea groups is 1. The molecule has 156 valence electrons. The Labute approximate surface area is 192 Å². The monoisotopic (exact) mass is 449 g/mol. The molecule has 1 N–H and O–H groups in total. The van der Waals surface area contributed by atoms with Gasteiger partial charge in [0.1, 0.15) is 0 Å². The molecule has 2 amide bonds. The van der Waals surface area contributed by atoms with E-state index in [0.29, 0.717) is 27.8 Å². The van der Waals surface area contributed by atoms with Gasteiger partial charge in [-0.25, -0.2) is 4.79 Å². The van der Waals surface area contributed by atoms with E-state index in [4.69, 9.17) is 28.5 Å². The van der Waals surface area contributed by atoms with Crippen LogP contribution in [0.3, 0.4) is 0 Å². The number of aryl methyl sites for hydroxylation is 1. The fourth-order valence-corrected chi connectivity index (χ4v) is 4.39. The van der Waals surface area contributed by atoms with Gasteiger partial charge in [0.25, 0.3) is 0 Å². The Hall–Kier alpha value is -3.00. The first-order valence-corrected chi connectivity index (χ1v) is 10.9. The molecule has 1 atom stereocenters. The lowest BCUT2D eigenvalue weighted by molar-refractivity contribution is 0.175. The van der Waals surface area contributed by atoms with Gasteiger partial charge >= 0.3 is 6.03 Å². The number of halogens is 2. The number of anilines is 1. The lowest BCUT2D eigenvalue weighted by Gasteiger charge is -2.36. The quantitative estimate of drug-likeness (QED) is 0.466. The summed E-state index contributed by atoms with van der Waals surface area (Å²) in [5.41, 5.74) is 4.44. The maximum atomic E-state index is 13.5. The van der Waals surface area contributed by atoms with Gasteiger partial charge in [0.05, 0.1) is 27.7 Å². The van der Waals surface area contributed by atoms with Crippen molar-refractivity contribution in [3.05, 3.63) is 99.0 Å². The van der Waals surface area contributed by atoms with E-state index in [2.05, 4.69) is 23.5 Å². The summed E-state index contributed by atoms with van der Waals surface area (Å²) in [6.45, 7) is 0.389. The Morgan fingerprint density at radius 2 is 1.90 bits per heavy atom. The normalized spacial score (nSPS) is 14.9. The third kappa shape index (κ3) is 4.85. The van der Waals surface area contributed by atoms with Crippen molar-refractivity contribution in [1.29, 1.82) is 5.26 Å². The maximum Gasteiger partial charge on any atom is 0.322 e. The van der Waals surface area contributed by atoms with Crippen LogP contribution >= 0.6 is 23.2 Å². The highest BCUT2D eigenvalue weighted by molar-refractivity contribution is 6.42. The highest BCUT2D eigenvalue weighted by atomic mass is 35.5. The van der Waals surface area contributed by atoms with E-state index in [1.807, 2.05) is 23.1 Å². The van der Waals surface area contributed by atoms with Gasteiger partial charge in [-0.05, 0) is 66.3 Å². The first-order chi connectivity index (χ1) is 15.0. The molecule has 0 heterocycles. The highest BCUT2D eigenvalue weighted by Crippen LogP contribution is 2.36. The van der Waals surface area contributed by atoms with Crippen molar-refractivity contribution in [2.75, 3.05) is 5.32 Å². The Morgan fingerprint density at radius 1 is 1.06 bits per heavy atom. The molecule has 6 heteroatoms. The fourth-order valence-electron chi connectivity index (χ4n) is 4.07. The molecule has 1 unspecified atom stereocenters. The largest absolute Gasteiger partial charge is 0.322 e. The molecule has 3 aromatic carbocycles. The molecular weight excluding hydrogens is 429 g/mol. The van der Waals surface area contributed by atoms with Crippen LogP contribution in [0.15, 0.2) is 66.7 Å². The molecule has 0 saturated carbocycles. The second-order valence-electron chi connectivity index (χ2n) is 7.61. The molecular formula is C25H21Cl2N3O. The highest BCUT2D eigenvalue weighted by Gasteiger charge is 2.29. The number of carbonyl (C=O) groups is 1. The number of amides is 2. The molecule has 31 heavy (non-hydrogen) atoms. The van der Waals surface area contributed by atoms with E-state index in [9.17, 15) is 4.79 Å². The number of nitriles is 1. The van der Waals surface area contributed by atoms with Crippen molar-refractivity contribution in [3.8, 4) is 6.07 Å². The van der Waals surface area contributed by atoms with E-state index in [0.717, 1.165) is 24.8 Å². The van der Waals surface area contributed by atoms with Crippen LogP contribution in [-0.4, -0.2) is 10.9 Å². The first kappa shape index (κ1) is 21.2. The zero-order chi connectivity index (χ0) is 21.8. The number of hydrogen-bond donors (Lipinski definition) is 1. The van der Waals surface area contributed by atoms with E-state index >= 15 is 0 Å². The van der Waals surface area contributed by atoms with Crippen molar-refractivity contribution in [2.45, 2.75) is 31.8 Å². The first-order valence-electron chi connectivity index (χ1n) is 10.1. The minimum atomic E-state index is -0.220. The molecule has 4 nitrogen and oxygen atoms in total. The summed E-state index contributed by atoms with van der Waals surface area (Å²) in [7, 11) is 0. The number of nitrogens with one attached hydrogen (secondary N) is 1.